The molecule has 0 bridgehead atoms. The minimum atomic E-state index is -0.838. The van der Waals surface area contributed by atoms with Crippen LogP contribution >= 0.6 is 0 Å². The summed E-state index contributed by atoms with van der Waals surface area (Å²) < 4.78 is 0. The molecule has 7 heteroatoms. The first-order valence-corrected chi connectivity index (χ1v) is 5.57. The molecule has 18 heavy (non-hydrogen) atoms. The Kier molecular flexibility index (Phi) is 3.14. The lowest BCUT2D eigenvalue weighted by Crippen LogP contribution is -2.23. The summed E-state index contributed by atoms with van der Waals surface area (Å²) in [6.45, 7) is 2.74. The molecule has 0 spiro atoms. The third-order valence-electron chi connectivity index (χ3n) is 3.19. The molecule has 1 aromatic rings. The first kappa shape index (κ1) is 12.3. The van der Waals surface area contributed by atoms with E-state index in [1.807, 2.05) is 6.92 Å². The van der Waals surface area contributed by atoms with Crippen molar-refractivity contribution in [3.63, 3.8) is 0 Å². The van der Waals surface area contributed by atoms with E-state index in [4.69, 9.17) is 5.11 Å². The second kappa shape index (κ2) is 4.59. The second-order valence-corrected chi connectivity index (χ2v) is 4.46. The molecule has 96 valence electrons. The Balaban J connectivity index is 2.21. The first-order valence-electron chi connectivity index (χ1n) is 5.57. The molecule has 1 N–H and O–H groups in total. The molecule has 0 amide bonds. The zero-order valence-electron chi connectivity index (χ0n) is 9.81. The van der Waals surface area contributed by atoms with Gasteiger partial charge in [0.25, 0.3) is 5.69 Å². The molecule has 0 saturated carbocycles. The smallest absolute Gasteiger partial charge is 0.308 e. The van der Waals surface area contributed by atoms with Crippen LogP contribution in [-0.2, 0) is 4.79 Å². The lowest BCUT2D eigenvalue weighted by Gasteiger charge is -2.16. The van der Waals surface area contributed by atoms with E-state index in [9.17, 15) is 14.9 Å². The molecule has 0 radical (unpaired) electrons. The van der Waals surface area contributed by atoms with Gasteiger partial charge in [0, 0.05) is 25.4 Å². The number of carbonyl (C=O) groups is 1. The second-order valence-electron chi connectivity index (χ2n) is 4.46. The van der Waals surface area contributed by atoms with Crippen molar-refractivity contribution < 1.29 is 14.8 Å². The average Bonchev–Trinajstić information content (AvgIpc) is 2.71. The van der Waals surface area contributed by atoms with Gasteiger partial charge < -0.3 is 10.0 Å². The van der Waals surface area contributed by atoms with Gasteiger partial charge in [0.15, 0.2) is 0 Å². The maximum atomic E-state index is 11.0. The van der Waals surface area contributed by atoms with Crippen molar-refractivity contribution in [3.8, 4) is 0 Å². The number of aromatic nitrogens is 1. The highest BCUT2D eigenvalue weighted by Gasteiger charge is 2.35. The third kappa shape index (κ3) is 2.24. The molecule has 2 rings (SSSR count). The number of nitrogens with zero attached hydrogens (tertiary/aromatic N) is 3. The Morgan fingerprint density at radius 3 is 2.89 bits per heavy atom. The lowest BCUT2D eigenvalue weighted by atomic mass is 9.99. The van der Waals surface area contributed by atoms with Crippen LogP contribution in [0.4, 0.5) is 11.5 Å². The number of carboxylic acids is 1. The molecule has 2 atom stereocenters. The fraction of sp³-hybridized carbons (Fsp3) is 0.455. The Labute approximate surface area is 103 Å². The molecule has 0 unspecified atom stereocenters. The van der Waals surface area contributed by atoms with Crippen LogP contribution in [0.1, 0.15) is 6.92 Å². The highest BCUT2D eigenvalue weighted by Crippen LogP contribution is 2.28. The molecule has 2 heterocycles. The van der Waals surface area contributed by atoms with E-state index in [1.54, 1.807) is 4.90 Å². The fourth-order valence-corrected chi connectivity index (χ4v) is 2.17. The molecule has 1 saturated heterocycles. The maximum absolute atomic E-state index is 11.0. The van der Waals surface area contributed by atoms with E-state index in [0.717, 1.165) is 0 Å². The Morgan fingerprint density at radius 2 is 2.33 bits per heavy atom. The molecule has 0 aliphatic carbocycles. The SMILES string of the molecule is C[C@@H]1CN(c2cc([N+](=O)[O-])ccn2)C[C@H]1C(=O)O. The molecule has 7 nitrogen and oxygen atoms in total. The number of carboxylic acid groups (broad SMARTS) is 1. The zero-order chi connectivity index (χ0) is 13.3. The predicted octanol–water partition coefficient (Wildman–Crippen LogP) is 1.15. The molecular weight excluding hydrogens is 238 g/mol. The number of aliphatic carboxylic acids is 1. The number of hydrogen-bond donors (Lipinski definition) is 1. The van der Waals surface area contributed by atoms with Crippen molar-refractivity contribution in [2.24, 2.45) is 11.8 Å². The van der Waals surface area contributed by atoms with E-state index in [-0.39, 0.29) is 11.6 Å². The summed E-state index contributed by atoms with van der Waals surface area (Å²) in [5, 5.41) is 19.7. The summed E-state index contributed by atoms with van der Waals surface area (Å²) in [4.78, 5) is 27.0. The van der Waals surface area contributed by atoms with Gasteiger partial charge in [-0.3, -0.25) is 14.9 Å². The van der Waals surface area contributed by atoms with Crippen LogP contribution in [0.25, 0.3) is 0 Å². The number of hydrogen-bond acceptors (Lipinski definition) is 5. The van der Waals surface area contributed by atoms with Gasteiger partial charge in [-0.05, 0) is 5.92 Å². The van der Waals surface area contributed by atoms with Crippen LogP contribution in [0, 0.1) is 22.0 Å². The molecule has 1 aliphatic heterocycles. The summed E-state index contributed by atoms with van der Waals surface area (Å²) >= 11 is 0. The maximum Gasteiger partial charge on any atom is 0.308 e. The Hall–Kier alpha value is -2.18. The van der Waals surface area contributed by atoms with Crippen molar-refractivity contribution in [3.05, 3.63) is 28.4 Å². The molecular formula is C11H13N3O4. The van der Waals surface area contributed by atoms with Gasteiger partial charge in [0.05, 0.1) is 16.9 Å². The van der Waals surface area contributed by atoms with Crippen molar-refractivity contribution in [1.29, 1.82) is 0 Å². The summed E-state index contributed by atoms with van der Waals surface area (Å²) in [6, 6.07) is 2.69. The molecule has 1 fully saturated rings. The van der Waals surface area contributed by atoms with Gasteiger partial charge in [0.2, 0.25) is 0 Å². The highest BCUT2D eigenvalue weighted by molar-refractivity contribution is 5.72. The summed E-state index contributed by atoms with van der Waals surface area (Å²) in [7, 11) is 0. The van der Waals surface area contributed by atoms with Crippen LogP contribution in [0.2, 0.25) is 0 Å². The summed E-state index contributed by atoms with van der Waals surface area (Å²) in [5.41, 5.74) is -0.0357. The lowest BCUT2D eigenvalue weighted by molar-refractivity contribution is -0.384. The number of rotatable bonds is 3. The zero-order valence-corrected chi connectivity index (χ0v) is 9.81. The van der Waals surface area contributed by atoms with Crippen LogP contribution in [0.3, 0.4) is 0 Å². The monoisotopic (exact) mass is 251 g/mol. The average molecular weight is 251 g/mol. The van der Waals surface area contributed by atoms with Crippen molar-refractivity contribution >= 4 is 17.5 Å². The predicted molar refractivity (Wildman–Crippen MR) is 63.4 cm³/mol. The molecule has 0 aromatic carbocycles. The minimum absolute atomic E-state index is 0.00330. The molecule has 1 aromatic heterocycles. The minimum Gasteiger partial charge on any atom is -0.481 e. The van der Waals surface area contributed by atoms with Crippen LogP contribution in [0.5, 0.6) is 0 Å². The Morgan fingerprint density at radius 1 is 1.61 bits per heavy atom. The third-order valence-corrected chi connectivity index (χ3v) is 3.19. The molecule has 1 aliphatic rings. The topological polar surface area (TPSA) is 96.6 Å². The van der Waals surface area contributed by atoms with Gasteiger partial charge in [-0.15, -0.1) is 0 Å². The quantitative estimate of drug-likeness (QED) is 0.639. The van der Waals surface area contributed by atoms with E-state index in [0.29, 0.717) is 18.9 Å². The van der Waals surface area contributed by atoms with E-state index in [1.165, 1.54) is 18.3 Å². The van der Waals surface area contributed by atoms with E-state index in [2.05, 4.69) is 4.98 Å². The largest absolute Gasteiger partial charge is 0.481 e. The van der Waals surface area contributed by atoms with Gasteiger partial charge >= 0.3 is 5.97 Å². The van der Waals surface area contributed by atoms with Crippen molar-refractivity contribution in [2.45, 2.75) is 6.92 Å². The first-order chi connectivity index (χ1) is 8.49. The van der Waals surface area contributed by atoms with Gasteiger partial charge in [-0.25, -0.2) is 4.98 Å². The van der Waals surface area contributed by atoms with Crippen LogP contribution < -0.4 is 4.90 Å². The number of anilines is 1. The summed E-state index contributed by atoms with van der Waals surface area (Å²) in [5.74, 6) is -0.829. The van der Waals surface area contributed by atoms with Crippen LogP contribution in [0.15, 0.2) is 18.3 Å². The Bertz CT molecular complexity index is 491. The standard InChI is InChI=1S/C11H13N3O4/c1-7-5-13(6-9(7)11(15)16)10-4-8(14(17)18)2-3-12-10/h2-4,7,9H,5-6H2,1H3,(H,15,16)/t7-,9-/m1/s1. The summed E-state index contributed by atoms with van der Waals surface area (Å²) in [6.07, 6.45) is 1.37. The van der Waals surface area contributed by atoms with Gasteiger partial charge in [0.1, 0.15) is 5.82 Å². The normalized spacial score (nSPS) is 23.1. The fourth-order valence-electron chi connectivity index (χ4n) is 2.17. The van der Waals surface area contributed by atoms with E-state index >= 15 is 0 Å². The van der Waals surface area contributed by atoms with Crippen molar-refractivity contribution in [1.82, 2.24) is 4.98 Å². The van der Waals surface area contributed by atoms with Gasteiger partial charge in [-0.1, -0.05) is 6.92 Å². The number of nitro groups is 1. The van der Waals surface area contributed by atoms with Crippen molar-refractivity contribution in [2.75, 3.05) is 18.0 Å². The van der Waals surface area contributed by atoms with Crippen LogP contribution in [-0.4, -0.2) is 34.1 Å². The number of pyridine rings is 1. The van der Waals surface area contributed by atoms with E-state index < -0.39 is 16.8 Å². The van der Waals surface area contributed by atoms with Gasteiger partial charge in [-0.2, -0.15) is 0 Å². The highest BCUT2D eigenvalue weighted by atomic mass is 16.6.